The Labute approximate surface area is 69.9 Å². The predicted octanol–water partition coefficient (Wildman–Crippen LogP) is -3.59. The minimum Gasteiger partial charge on any atom is -0.247 e. The molecule has 0 aliphatic heterocycles. The van der Waals surface area contributed by atoms with Gasteiger partial charge in [0.25, 0.3) is 6.71 Å². The van der Waals surface area contributed by atoms with Crippen molar-refractivity contribution in [3.05, 3.63) is 0 Å². The van der Waals surface area contributed by atoms with Gasteiger partial charge in [0.05, 0.1) is 0 Å². The van der Waals surface area contributed by atoms with E-state index in [0.717, 1.165) is 0 Å². The van der Waals surface area contributed by atoms with E-state index in [2.05, 4.69) is 0 Å². The molecule has 3 nitrogen and oxygen atoms in total. The zero-order valence-electron chi connectivity index (χ0n) is 4.55. The summed E-state index contributed by atoms with van der Waals surface area (Å²) in [4.78, 5) is 0. The molecule has 5 heteroatoms. The molecule has 0 atom stereocenters. The second-order valence-corrected chi connectivity index (χ2v) is 1.00. The molecule has 0 aromatic carbocycles. The van der Waals surface area contributed by atoms with Crippen LogP contribution < -0.4 is 29.6 Å². The van der Waals surface area contributed by atoms with Gasteiger partial charge in [0, 0.05) is 0 Å². The zero-order valence-corrected chi connectivity index (χ0v) is 6.55. The molecule has 0 fully saturated rings. The monoisotopic (exact) mass is 113 g/mol. The summed E-state index contributed by atoms with van der Waals surface area (Å²) in [6.45, 7) is -1.79. The van der Waals surface area contributed by atoms with Gasteiger partial charge in [0.15, 0.2) is 0 Å². The third-order valence-corrected chi connectivity index (χ3v) is 0.474. The Hall–Kier alpha value is -0.465. The molecule has 0 heterocycles. The van der Waals surface area contributed by atoms with Crippen LogP contribution in [0.3, 0.4) is 0 Å². The molecule has 0 saturated heterocycles. The van der Waals surface area contributed by atoms with E-state index in [4.69, 9.17) is 15.8 Å². The summed E-state index contributed by atoms with van der Waals surface area (Å²) in [5.74, 6) is 4.69. The van der Waals surface area contributed by atoms with Crippen LogP contribution in [0.1, 0.15) is 0 Å². The van der Waals surface area contributed by atoms with Crippen molar-refractivity contribution < 1.29 is 29.6 Å². The maximum atomic E-state index is 7.87. The standard InChI is InChI=1S/C3HBN3.Na/c5-1-4(2-6)3-7;/h4H;/q-1;+1. The van der Waals surface area contributed by atoms with E-state index in [0.29, 0.717) is 0 Å². The van der Waals surface area contributed by atoms with Crippen molar-refractivity contribution >= 4 is 6.71 Å². The molecule has 0 saturated carbocycles. The number of nitriles is 3. The Kier molecular flexibility index (Phi) is 8.58. The van der Waals surface area contributed by atoms with Crippen molar-refractivity contribution in [2.45, 2.75) is 0 Å². The van der Waals surface area contributed by atoms with Crippen molar-refractivity contribution in [3.63, 3.8) is 0 Å². The van der Waals surface area contributed by atoms with Gasteiger partial charge in [-0.05, 0) is 0 Å². The predicted molar refractivity (Wildman–Crippen MR) is 24.0 cm³/mol. The van der Waals surface area contributed by atoms with Crippen LogP contribution in [0.4, 0.5) is 0 Å². The van der Waals surface area contributed by atoms with Gasteiger partial charge in [-0.2, -0.15) is 0 Å². The van der Waals surface area contributed by atoms with Crippen molar-refractivity contribution in [3.8, 4) is 17.9 Å². The van der Waals surface area contributed by atoms with Crippen LogP contribution in [0.25, 0.3) is 0 Å². The first-order valence-corrected chi connectivity index (χ1v) is 1.73. The molecule has 0 amide bonds. The summed E-state index contributed by atoms with van der Waals surface area (Å²) in [5, 5.41) is 23.6. The van der Waals surface area contributed by atoms with E-state index in [1.54, 1.807) is 17.9 Å². The fraction of sp³-hybridized carbons (Fsp3) is 0. The van der Waals surface area contributed by atoms with Gasteiger partial charge in [-0.25, -0.2) is 15.8 Å². The van der Waals surface area contributed by atoms with Gasteiger partial charge in [0.2, 0.25) is 0 Å². The first kappa shape index (κ1) is 10.5. The molecule has 0 rings (SSSR count). The molecule has 0 aliphatic carbocycles. The molecule has 0 aromatic rings. The SMILES string of the molecule is N#C[BH-](C#N)C#N.[Na+]. The summed E-state index contributed by atoms with van der Waals surface area (Å²) >= 11 is 0. The van der Waals surface area contributed by atoms with E-state index in [-0.39, 0.29) is 29.6 Å². The van der Waals surface area contributed by atoms with E-state index in [1.807, 2.05) is 0 Å². The van der Waals surface area contributed by atoms with Crippen LogP contribution in [0.5, 0.6) is 0 Å². The average molecular weight is 113 g/mol. The van der Waals surface area contributed by atoms with Crippen LogP contribution in [0.15, 0.2) is 0 Å². The Balaban J connectivity index is 0. The van der Waals surface area contributed by atoms with Crippen molar-refractivity contribution in [1.82, 2.24) is 0 Å². The second kappa shape index (κ2) is 6.53. The van der Waals surface area contributed by atoms with Gasteiger partial charge < -0.3 is 0 Å². The van der Waals surface area contributed by atoms with Crippen molar-refractivity contribution in [1.29, 1.82) is 15.8 Å². The van der Waals surface area contributed by atoms with Gasteiger partial charge in [-0.15, -0.1) is 17.9 Å². The van der Waals surface area contributed by atoms with Crippen LogP contribution in [-0.2, 0) is 0 Å². The summed E-state index contributed by atoms with van der Waals surface area (Å²) in [5.41, 5.74) is 0. The van der Waals surface area contributed by atoms with Gasteiger partial charge in [-0.1, -0.05) is 0 Å². The Morgan fingerprint density at radius 2 is 1.12 bits per heavy atom. The Morgan fingerprint density at radius 3 is 1.12 bits per heavy atom. The van der Waals surface area contributed by atoms with Crippen LogP contribution >= 0.6 is 0 Å². The van der Waals surface area contributed by atoms with Crippen LogP contribution in [0.2, 0.25) is 0 Å². The topological polar surface area (TPSA) is 71.4 Å². The summed E-state index contributed by atoms with van der Waals surface area (Å²) in [7, 11) is 0. The molecule has 0 unspecified atom stereocenters. The zero-order chi connectivity index (χ0) is 5.70. The average Bonchev–Trinajstić information content (AvgIpc) is 1.72. The number of rotatable bonds is 0. The number of nitrogens with zero attached hydrogens (tertiary/aromatic N) is 3. The Bertz CT molecular complexity index is 137. The molecule has 0 bridgehead atoms. The maximum absolute atomic E-state index is 7.87. The first-order chi connectivity index (χ1) is 3.35. The van der Waals surface area contributed by atoms with Crippen LogP contribution in [-0.4, -0.2) is 6.71 Å². The summed E-state index contributed by atoms with van der Waals surface area (Å²) in [6.07, 6.45) is 0. The van der Waals surface area contributed by atoms with Gasteiger partial charge in [0.1, 0.15) is 0 Å². The Morgan fingerprint density at radius 1 is 0.875 bits per heavy atom. The minimum absolute atomic E-state index is 0. The smallest absolute Gasteiger partial charge is 0.247 e. The van der Waals surface area contributed by atoms with Crippen molar-refractivity contribution in [2.24, 2.45) is 0 Å². The molecule has 0 aromatic heterocycles. The molecule has 0 N–H and O–H groups in total. The second-order valence-electron chi connectivity index (χ2n) is 1.00. The summed E-state index contributed by atoms with van der Waals surface area (Å²) in [6, 6.07) is 0. The minimum atomic E-state index is -1.79. The van der Waals surface area contributed by atoms with Crippen LogP contribution in [0, 0.1) is 33.7 Å². The molecule has 0 aliphatic rings. The van der Waals surface area contributed by atoms with E-state index >= 15 is 0 Å². The molecule has 0 radical (unpaired) electrons. The van der Waals surface area contributed by atoms with E-state index in [9.17, 15) is 0 Å². The normalized spacial score (nSPS) is 5.25. The van der Waals surface area contributed by atoms with Gasteiger partial charge >= 0.3 is 29.6 Å². The van der Waals surface area contributed by atoms with E-state index < -0.39 is 6.71 Å². The van der Waals surface area contributed by atoms with Crippen molar-refractivity contribution in [2.75, 3.05) is 0 Å². The fourth-order valence-corrected chi connectivity index (χ4v) is 0.106. The molecule has 8 heavy (non-hydrogen) atoms. The quantitative estimate of drug-likeness (QED) is 0.304. The summed E-state index contributed by atoms with van der Waals surface area (Å²) < 4.78 is 0. The molecular formula is C3HBN3Na. The largest absolute Gasteiger partial charge is 1.00 e. The third-order valence-electron chi connectivity index (χ3n) is 0.474. The number of hydrogen-bond acceptors (Lipinski definition) is 3. The van der Waals surface area contributed by atoms with E-state index in [1.165, 1.54) is 0 Å². The fourth-order valence-electron chi connectivity index (χ4n) is 0.106. The molecule has 32 valence electrons. The van der Waals surface area contributed by atoms with Gasteiger partial charge in [-0.3, -0.25) is 0 Å². The molecular weight excluding hydrogens is 112 g/mol. The number of hydrogen-bond donors (Lipinski definition) is 0. The maximum Gasteiger partial charge on any atom is 1.00 e. The third kappa shape index (κ3) is 3.72. The first-order valence-electron chi connectivity index (χ1n) is 1.73. The molecule has 0 spiro atoms.